The molecular formula is C14H20O. The molecule has 1 N–H and O–H groups in total. The lowest BCUT2D eigenvalue weighted by molar-refractivity contribution is 0.0789. The summed E-state index contributed by atoms with van der Waals surface area (Å²) < 4.78 is 0. The molecule has 82 valence electrons. The van der Waals surface area contributed by atoms with E-state index in [1.165, 1.54) is 18.4 Å². The summed E-state index contributed by atoms with van der Waals surface area (Å²) in [5.74, 6) is 0. The average molecular weight is 204 g/mol. The van der Waals surface area contributed by atoms with Crippen LogP contribution in [0, 0.1) is 0 Å². The molecule has 2 rings (SSSR count). The van der Waals surface area contributed by atoms with Crippen LogP contribution in [0.4, 0.5) is 0 Å². The highest BCUT2D eigenvalue weighted by Gasteiger charge is 2.40. The molecule has 1 aliphatic rings. The van der Waals surface area contributed by atoms with Crippen LogP contribution < -0.4 is 0 Å². The zero-order chi connectivity index (χ0) is 10.7. The number of rotatable bonds is 3. The molecule has 0 saturated heterocycles. The van der Waals surface area contributed by atoms with Crippen molar-refractivity contribution in [1.82, 2.24) is 0 Å². The third-order valence-corrected chi connectivity index (χ3v) is 3.87. The smallest absolute Gasteiger partial charge is 0.0634 e. The first-order valence-corrected chi connectivity index (χ1v) is 6.03. The topological polar surface area (TPSA) is 20.2 Å². The highest BCUT2D eigenvalue weighted by molar-refractivity contribution is 5.28. The van der Waals surface area contributed by atoms with Gasteiger partial charge in [0.25, 0.3) is 0 Å². The van der Waals surface area contributed by atoms with Gasteiger partial charge in [0.2, 0.25) is 0 Å². The molecule has 1 aromatic rings. The zero-order valence-electron chi connectivity index (χ0n) is 9.45. The molecular weight excluding hydrogens is 184 g/mol. The second-order valence-corrected chi connectivity index (χ2v) is 4.65. The lowest BCUT2D eigenvalue weighted by Crippen LogP contribution is -2.36. The minimum atomic E-state index is -0.178. The number of hydrogen-bond donors (Lipinski definition) is 1. The highest BCUT2D eigenvalue weighted by atomic mass is 16.3. The predicted octanol–water partition coefficient (Wildman–Crippen LogP) is 3.27. The van der Waals surface area contributed by atoms with E-state index in [4.69, 9.17) is 0 Å². The van der Waals surface area contributed by atoms with Gasteiger partial charge in [0.05, 0.1) is 6.10 Å². The summed E-state index contributed by atoms with van der Waals surface area (Å²) in [7, 11) is 0. The molecule has 0 heterocycles. The van der Waals surface area contributed by atoms with Gasteiger partial charge in [-0.2, -0.15) is 0 Å². The van der Waals surface area contributed by atoms with E-state index >= 15 is 0 Å². The van der Waals surface area contributed by atoms with E-state index in [0.29, 0.717) is 0 Å². The Morgan fingerprint density at radius 2 is 1.80 bits per heavy atom. The normalized spacial score (nSPS) is 21.5. The van der Waals surface area contributed by atoms with Crippen molar-refractivity contribution in [1.29, 1.82) is 0 Å². The van der Waals surface area contributed by atoms with Crippen molar-refractivity contribution in [2.24, 2.45) is 0 Å². The summed E-state index contributed by atoms with van der Waals surface area (Å²) in [6.45, 7) is 2.08. The van der Waals surface area contributed by atoms with E-state index in [0.717, 1.165) is 19.3 Å². The Hall–Kier alpha value is -0.820. The van der Waals surface area contributed by atoms with Crippen molar-refractivity contribution in [3.05, 3.63) is 35.9 Å². The first kappa shape index (κ1) is 10.7. The number of hydrogen-bond acceptors (Lipinski definition) is 1. The van der Waals surface area contributed by atoms with E-state index in [1.807, 2.05) is 6.07 Å². The fraction of sp³-hybridized carbons (Fsp3) is 0.571. The molecule has 1 aromatic carbocycles. The van der Waals surface area contributed by atoms with Gasteiger partial charge in [-0.25, -0.2) is 0 Å². The average Bonchev–Trinajstić information content (AvgIpc) is 2.79. The predicted molar refractivity (Wildman–Crippen MR) is 62.9 cm³/mol. The van der Waals surface area contributed by atoms with Gasteiger partial charge in [0.1, 0.15) is 0 Å². The Morgan fingerprint density at radius 3 is 2.33 bits per heavy atom. The third-order valence-electron chi connectivity index (χ3n) is 3.87. The summed E-state index contributed by atoms with van der Waals surface area (Å²) in [4.78, 5) is 0. The fourth-order valence-electron chi connectivity index (χ4n) is 2.98. The molecule has 1 unspecified atom stereocenters. The first-order valence-electron chi connectivity index (χ1n) is 6.03. The van der Waals surface area contributed by atoms with Crippen LogP contribution in [0.5, 0.6) is 0 Å². The number of aliphatic hydroxyl groups excluding tert-OH is 1. The molecule has 1 nitrogen and oxygen atoms in total. The Labute approximate surface area is 92.1 Å². The van der Waals surface area contributed by atoms with Crippen molar-refractivity contribution >= 4 is 0 Å². The van der Waals surface area contributed by atoms with E-state index in [9.17, 15) is 5.11 Å². The first-order chi connectivity index (χ1) is 7.29. The van der Waals surface area contributed by atoms with Crippen LogP contribution in [-0.4, -0.2) is 11.2 Å². The summed E-state index contributed by atoms with van der Waals surface area (Å²) in [5.41, 5.74) is 1.38. The van der Waals surface area contributed by atoms with Crippen LogP contribution in [0.1, 0.15) is 44.6 Å². The van der Waals surface area contributed by atoms with Crippen LogP contribution >= 0.6 is 0 Å². The fourth-order valence-corrected chi connectivity index (χ4v) is 2.98. The largest absolute Gasteiger partial charge is 0.392 e. The Morgan fingerprint density at radius 1 is 1.20 bits per heavy atom. The quantitative estimate of drug-likeness (QED) is 0.801. The lowest BCUT2D eigenvalue weighted by Gasteiger charge is -2.34. The van der Waals surface area contributed by atoms with Gasteiger partial charge in [-0.05, 0) is 24.8 Å². The molecule has 0 spiro atoms. The molecule has 1 atom stereocenters. The summed E-state index contributed by atoms with van der Waals surface area (Å²) in [5, 5.41) is 10.3. The molecule has 0 aromatic heterocycles. The lowest BCUT2D eigenvalue weighted by atomic mass is 9.73. The molecule has 1 fully saturated rings. The summed E-state index contributed by atoms with van der Waals surface area (Å²) >= 11 is 0. The molecule has 15 heavy (non-hydrogen) atoms. The van der Waals surface area contributed by atoms with E-state index in [1.54, 1.807) is 0 Å². The van der Waals surface area contributed by atoms with Crippen LogP contribution in [0.25, 0.3) is 0 Å². The number of aliphatic hydroxyl groups is 1. The van der Waals surface area contributed by atoms with Gasteiger partial charge < -0.3 is 5.11 Å². The highest BCUT2D eigenvalue weighted by Crippen LogP contribution is 2.44. The molecule has 0 radical (unpaired) electrons. The van der Waals surface area contributed by atoms with Crippen molar-refractivity contribution in [2.75, 3.05) is 0 Å². The maximum Gasteiger partial charge on any atom is 0.0634 e. The molecule has 0 amide bonds. The maximum atomic E-state index is 10.3. The second-order valence-electron chi connectivity index (χ2n) is 4.65. The van der Waals surface area contributed by atoms with Gasteiger partial charge in [0.15, 0.2) is 0 Å². The van der Waals surface area contributed by atoms with Crippen LogP contribution in [0.3, 0.4) is 0 Å². The third kappa shape index (κ3) is 1.81. The molecule has 0 bridgehead atoms. The van der Waals surface area contributed by atoms with Gasteiger partial charge in [-0.1, -0.05) is 50.1 Å². The number of benzene rings is 1. The van der Waals surface area contributed by atoms with E-state index < -0.39 is 0 Å². The maximum absolute atomic E-state index is 10.3. The standard InChI is InChI=1S/C14H20O/c1-2-13(15)14(10-6-7-11-14)12-8-4-3-5-9-12/h3-5,8-9,13,15H,2,6-7,10-11H2,1H3. The monoisotopic (exact) mass is 204 g/mol. The van der Waals surface area contributed by atoms with Crippen molar-refractivity contribution in [3.63, 3.8) is 0 Å². The molecule has 1 saturated carbocycles. The minimum absolute atomic E-state index is 0.0516. The zero-order valence-corrected chi connectivity index (χ0v) is 9.45. The van der Waals surface area contributed by atoms with Crippen molar-refractivity contribution in [2.45, 2.75) is 50.5 Å². The Kier molecular flexibility index (Phi) is 3.11. The molecule has 1 aliphatic carbocycles. The summed E-state index contributed by atoms with van der Waals surface area (Å²) in [6, 6.07) is 10.6. The second kappa shape index (κ2) is 4.36. The van der Waals surface area contributed by atoms with Crippen LogP contribution in [0.2, 0.25) is 0 Å². The van der Waals surface area contributed by atoms with Gasteiger partial charge in [-0.15, -0.1) is 0 Å². The van der Waals surface area contributed by atoms with Gasteiger partial charge >= 0.3 is 0 Å². The van der Waals surface area contributed by atoms with E-state index in [2.05, 4.69) is 31.2 Å². The van der Waals surface area contributed by atoms with E-state index in [-0.39, 0.29) is 11.5 Å². The van der Waals surface area contributed by atoms with Gasteiger partial charge in [0, 0.05) is 5.41 Å². The van der Waals surface area contributed by atoms with Gasteiger partial charge in [-0.3, -0.25) is 0 Å². The molecule has 0 aliphatic heterocycles. The van der Waals surface area contributed by atoms with Crippen LogP contribution in [-0.2, 0) is 5.41 Å². The van der Waals surface area contributed by atoms with Crippen molar-refractivity contribution in [3.8, 4) is 0 Å². The molecule has 1 heteroatoms. The van der Waals surface area contributed by atoms with Crippen LogP contribution in [0.15, 0.2) is 30.3 Å². The minimum Gasteiger partial charge on any atom is -0.392 e. The Bertz CT molecular complexity index is 298. The Balaban J connectivity index is 2.35. The summed E-state index contributed by atoms with van der Waals surface area (Å²) in [6.07, 6.45) is 5.48. The van der Waals surface area contributed by atoms with Crippen molar-refractivity contribution < 1.29 is 5.11 Å². The SMILES string of the molecule is CCC(O)C1(c2ccccc2)CCCC1.